The summed E-state index contributed by atoms with van der Waals surface area (Å²) in [6, 6.07) is 10.7. The Hall–Kier alpha value is -1.94. The highest BCUT2D eigenvalue weighted by Crippen LogP contribution is 2.35. The molecular formula is C16H17N3S. The van der Waals surface area contributed by atoms with E-state index in [0.29, 0.717) is 0 Å². The molecule has 2 N–H and O–H groups in total. The largest absolute Gasteiger partial charge is 0.388 e. The highest BCUT2D eigenvalue weighted by atomic mass is 32.2. The van der Waals surface area contributed by atoms with Gasteiger partial charge < -0.3 is 10.3 Å². The molecule has 102 valence electrons. The third-order valence-corrected chi connectivity index (χ3v) is 4.17. The smallest absolute Gasteiger partial charge is 0.138 e. The Kier molecular flexibility index (Phi) is 3.40. The van der Waals surface area contributed by atoms with Crippen molar-refractivity contribution in [2.45, 2.75) is 11.8 Å². The van der Waals surface area contributed by atoms with Gasteiger partial charge in [-0.05, 0) is 49.1 Å². The number of thioether (sulfide) groups is 1. The van der Waals surface area contributed by atoms with Crippen LogP contribution >= 0.6 is 11.8 Å². The Morgan fingerprint density at radius 1 is 1.15 bits per heavy atom. The molecule has 4 heteroatoms. The molecule has 0 atom stereocenters. The monoisotopic (exact) mass is 283 g/mol. The van der Waals surface area contributed by atoms with Gasteiger partial charge in [-0.15, -0.1) is 11.8 Å². The van der Waals surface area contributed by atoms with Crippen LogP contribution in [0.25, 0.3) is 22.2 Å². The first-order valence-corrected chi connectivity index (χ1v) is 7.76. The van der Waals surface area contributed by atoms with Gasteiger partial charge in [0.25, 0.3) is 0 Å². The van der Waals surface area contributed by atoms with Crippen molar-refractivity contribution in [3.05, 3.63) is 42.2 Å². The molecule has 2 aromatic heterocycles. The van der Waals surface area contributed by atoms with E-state index in [1.807, 2.05) is 20.2 Å². The minimum absolute atomic E-state index is 0.941. The van der Waals surface area contributed by atoms with E-state index in [0.717, 1.165) is 22.4 Å². The Balaban J connectivity index is 2.31. The van der Waals surface area contributed by atoms with Gasteiger partial charge in [-0.1, -0.05) is 0 Å². The van der Waals surface area contributed by atoms with Gasteiger partial charge in [0, 0.05) is 40.5 Å². The lowest BCUT2D eigenvalue weighted by atomic mass is 10.0. The van der Waals surface area contributed by atoms with Crippen LogP contribution in [0.2, 0.25) is 0 Å². The summed E-state index contributed by atoms with van der Waals surface area (Å²) in [5, 5.41) is 4.44. The number of nitrogens with one attached hydrogen (secondary N) is 2. The maximum atomic E-state index is 4.54. The van der Waals surface area contributed by atoms with E-state index in [1.165, 1.54) is 16.0 Å². The number of aromatic nitrogens is 2. The van der Waals surface area contributed by atoms with Crippen molar-refractivity contribution in [1.29, 1.82) is 0 Å². The molecule has 0 fully saturated rings. The molecule has 1 aromatic carbocycles. The quantitative estimate of drug-likeness (QED) is 0.704. The number of aryl methyl sites for hydroxylation is 1. The summed E-state index contributed by atoms with van der Waals surface area (Å²) in [7, 11) is 1.96. The third-order valence-electron chi connectivity index (χ3n) is 3.44. The number of nitrogens with zero attached hydrogens (tertiary/aromatic N) is 1. The van der Waals surface area contributed by atoms with E-state index in [2.05, 4.69) is 51.9 Å². The number of fused-ring (bicyclic) bond motifs is 1. The summed E-state index contributed by atoms with van der Waals surface area (Å²) in [5.41, 5.74) is 5.53. The Bertz CT molecular complexity index is 762. The molecule has 3 nitrogen and oxygen atoms in total. The lowest BCUT2D eigenvalue weighted by Gasteiger charge is -2.12. The first kappa shape index (κ1) is 13.1. The van der Waals surface area contributed by atoms with Gasteiger partial charge in [0.1, 0.15) is 5.65 Å². The van der Waals surface area contributed by atoms with Gasteiger partial charge in [-0.25, -0.2) is 4.98 Å². The number of rotatable bonds is 3. The van der Waals surface area contributed by atoms with Crippen LogP contribution in [0.5, 0.6) is 0 Å². The molecule has 20 heavy (non-hydrogen) atoms. The lowest BCUT2D eigenvalue weighted by Crippen LogP contribution is -1.94. The molecule has 0 radical (unpaired) electrons. The summed E-state index contributed by atoms with van der Waals surface area (Å²) in [5.74, 6) is 0. The minimum Gasteiger partial charge on any atom is -0.388 e. The first-order valence-electron chi connectivity index (χ1n) is 6.54. The van der Waals surface area contributed by atoms with Gasteiger partial charge in [-0.2, -0.15) is 0 Å². The van der Waals surface area contributed by atoms with Gasteiger partial charge in [-0.3, -0.25) is 0 Å². The van der Waals surface area contributed by atoms with Crippen LogP contribution in [0.1, 0.15) is 5.69 Å². The molecule has 0 aliphatic carbocycles. The molecular weight excluding hydrogens is 266 g/mol. The third kappa shape index (κ3) is 2.16. The standard InChI is InChI=1S/C16H17N3S/c1-10-8-13(12-6-7-18-16(12)19-10)14-9-11(20-3)4-5-15(14)17-2/h4-9,17H,1-3H3,(H,18,19). The fraction of sp³-hybridized carbons (Fsp3) is 0.188. The average molecular weight is 283 g/mol. The zero-order valence-corrected chi connectivity index (χ0v) is 12.6. The van der Waals surface area contributed by atoms with Crippen LogP contribution in [0.4, 0.5) is 5.69 Å². The number of aromatic amines is 1. The van der Waals surface area contributed by atoms with Crippen molar-refractivity contribution in [2.75, 3.05) is 18.6 Å². The second-order valence-corrected chi connectivity index (χ2v) is 5.59. The maximum absolute atomic E-state index is 4.54. The lowest BCUT2D eigenvalue weighted by molar-refractivity contribution is 1.22. The summed E-state index contributed by atoms with van der Waals surface area (Å²) >= 11 is 1.76. The molecule has 0 amide bonds. The van der Waals surface area contributed by atoms with Crippen LogP contribution < -0.4 is 5.32 Å². The van der Waals surface area contributed by atoms with E-state index in [1.54, 1.807) is 11.8 Å². The van der Waals surface area contributed by atoms with Gasteiger partial charge in [0.05, 0.1) is 0 Å². The van der Waals surface area contributed by atoms with Crippen LogP contribution in [0.3, 0.4) is 0 Å². The molecule has 0 bridgehead atoms. The number of benzene rings is 1. The Morgan fingerprint density at radius 2 is 2.00 bits per heavy atom. The van der Waals surface area contributed by atoms with Crippen molar-refractivity contribution in [3.8, 4) is 11.1 Å². The predicted molar refractivity (Wildman–Crippen MR) is 87.6 cm³/mol. The van der Waals surface area contributed by atoms with Crippen molar-refractivity contribution < 1.29 is 0 Å². The maximum Gasteiger partial charge on any atom is 0.138 e. The molecule has 3 rings (SSSR count). The van der Waals surface area contributed by atoms with E-state index >= 15 is 0 Å². The zero-order valence-electron chi connectivity index (χ0n) is 11.8. The Labute approximate surface area is 122 Å². The van der Waals surface area contributed by atoms with Crippen LogP contribution in [-0.2, 0) is 0 Å². The molecule has 0 spiro atoms. The van der Waals surface area contributed by atoms with Crippen molar-refractivity contribution in [1.82, 2.24) is 9.97 Å². The molecule has 3 aromatic rings. The number of H-pyrrole nitrogens is 1. The molecule has 0 saturated carbocycles. The predicted octanol–water partition coefficient (Wildman–Crippen LogP) is 4.30. The summed E-state index contributed by atoms with van der Waals surface area (Å²) in [6.07, 6.45) is 4.04. The second-order valence-electron chi connectivity index (χ2n) is 4.71. The number of pyridine rings is 1. The average Bonchev–Trinajstić information content (AvgIpc) is 2.93. The van der Waals surface area contributed by atoms with E-state index in [-0.39, 0.29) is 0 Å². The Morgan fingerprint density at radius 3 is 2.75 bits per heavy atom. The SMILES string of the molecule is CNc1ccc(SC)cc1-c1cc(C)nc2[nH]ccc12. The molecule has 0 saturated heterocycles. The summed E-state index contributed by atoms with van der Waals surface area (Å²) < 4.78 is 0. The first-order chi connectivity index (χ1) is 9.72. The van der Waals surface area contributed by atoms with E-state index in [4.69, 9.17) is 0 Å². The van der Waals surface area contributed by atoms with Crippen molar-refractivity contribution in [2.24, 2.45) is 0 Å². The van der Waals surface area contributed by atoms with Crippen LogP contribution in [0.15, 0.2) is 41.4 Å². The molecule has 0 aliphatic heterocycles. The summed E-state index contributed by atoms with van der Waals surface area (Å²) in [4.78, 5) is 9.00. The fourth-order valence-corrected chi connectivity index (χ4v) is 2.92. The number of hydrogen-bond acceptors (Lipinski definition) is 3. The van der Waals surface area contributed by atoms with E-state index < -0.39 is 0 Å². The molecule has 0 aliphatic rings. The van der Waals surface area contributed by atoms with Crippen molar-refractivity contribution >= 4 is 28.5 Å². The normalized spacial score (nSPS) is 10.9. The van der Waals surface area contributed by atoms with Gasteiger partial charge in [0.15, 0.2) is 0 Å². The topological polar surface area (TPSA) is 40.7 Å². The second kappa shape index (κ2) is 5.21. The van der Waals surface area contributed by atoms with E-state index in [9.17, 15) is 0 Å². The van der Waals surface area contributed by atoms with Gasteiger partial charge in [0.2, 0.25) is 0 Å². The highest BCUT2D eigenvalue weighted by molar-refractivity contribution is 7.98. The summed E-state index contributed by atoms with van der Waals surface area (Å²) in [6.45, 7) is 2.03. The van der Waals surface area contributed by atoms with Crippen LogP contribution in [-0.4, -0.2) is 23.3 Å². The number of anilines is 1. The zero-order chi connectivity index (χ0) is 14.1. The molecule has 2 heterocycles. The fourth-order valence-electron chi connectivity index (χ4n) is 2.48. The number of hydrogen-bond donors (Lipinski definition) is 2. The molecule has 0 unspecified atom stereocenters. The highest BCUT2D eigenvalue weighted by Gasteiger charge is 2.11. The van der Waals surface area contributed by atoms with Crippen LogP contribution in [0, 0.1) is 6.92 Å². The van der Waals surface area contributed by atoms with Crippen molar-refractivity contribution in [3.63, 3.8) is 0 Å². The van der Waals surface area contributed by atoms with Gasteiger partial charge >= 0.3 is 0 Å². The minimum atomic E-state index is 0.941.